The van der Waals surface area contributed by atoms with Crippen molar-refractivity contribution in [2.45, 2.75) is 18.8 Å². The Bertz CT molecular complexity index is 1030. The van der Waals surface area contributed by atoms with E-state index in [2.05, 4.69) is 10.4 Å². The molecule has 3 aromatic rings. The van der Waals surface area contributed by atoms with Gasteiger partial charge in [-0.2, -0.15) is 5.10 Å². The molecule has 0 bridgehead atoms. The van der Waals surface area contributed by atoms with Crippen molar-refractivity contribution in [2.24, 2.45) is 0 Å². The first-order chi connectivity index (χ1) is 14.2. The van der Waals surface area contributed by atoms with Crippen LogP contribution in [0.15, 0.2) is 54.6 Å². The summed E-state index contributed by atoms with van der Waals surface area (Å²) in [6.45, 7) is -0.199. The summed E-state index contributed by atoms with van der Waals surface area (Å²) in [7, 11) is 1.48. The molecule has 1 saturated carbocycles. The van der Waals surface area contributed by atoms with Crippen LogP contribution >= 0.6 is 0 Å². The van der Waals surface area contributed by atoms with E-state index < -0.39 is 0 Å². The number of amides is 1. The molecule has 1 N–H and O–H groups in total. The lowest BCUT2D eigenvalue weighted by Crippen LogP contribution is -2.22. The Morgan fingerprint density at radius 3 is 2.66 bits per heavy atom. The number of ether oxygens (including phenoxy) is 2. The van der Waals surface area contributed by atoms with Crippen molar-refractivity contribution >= 4 is 18.0 Å². The van der Waals surface area contributed by atoms with Crippen molar-refractivity contribution in [3.05, 3.63) is 65.9 Å². The summed E-state index contributed by atoms with van der Waals surface area (Å²) in [5.74, 6) is 1.55. The number of nitrogens with zero attached hydrogens (tertiary/aromatic N) is 2. The van der Waals surface area contributed by atoms with Crippen molar-refractivity contribution < 1.29 is 19.1 Å². The van der Waals surface area contributed by atoms with E-state index in [9.17, 15) is 9.59 Å². The van der Waals surface area contributed by atoms with Crippen molar-refractivity contribution in [3.63, 3.8) is 0 Å². The van der Waals surface area contributed by atoms with Crippen LogP contribution in [0, 0.1) is 0 Å². The molecule has 148 valence electrons. The highest BCUT2D eigenvalue weighted by Gasteiger charge is 2.28. The van der Waals surface area contributed by atoms with Crippen molar-refractivity contribution in [2.75, 3.05) is 19.0 Å². The molecule has 0 atom stereocenters. The predicted octanol–water partition coefficient (Wildman–Crippen LogP) is 3.59. The van der Waals surface area contributed by atoms with Crippen LogP contribution in [0.25, 0.3) is 5.69 Å². The summed E-state index contributed by atoms with van der Waals surface area (Å²) in [6, 6.07) is 16.4. The molecule has 29 heavy (non-hydrogen) atoms. The Labute approximate surface area is 168 Å². The van der Waals surface area contributed by atoms with Gasteiger partial charge in [0, 0.05) is 17.5 Å². The van der Waals surface area contributed by atoms with Crippen LogP contribution in [0.3, 0.4) is 0 Å². The quantitative estimate of drug-likeness (QED) is 0.594. The molecule has 1 amide bonds. The van der Waals surface area contributed by atoms with Crippen molar-refractivity contribution in [1.29, 1.82) is 0 Å². The van der Waals surface area contributed by atoms with Crippen LogP contribution < -0.4 is 14.8 Å². The standard InChI is InChI=1S/C22H21N3O4/c1-28-20-11-15(13-26)7-10-19(20)29-14-22(27)23-21-12-18(16-8-9-16)24-25(21)17-5-3-2-4-6-17/h2-7,10-13,16H,8-9,14H2,1H3,(H,23,27). The van der Waals surface area contributed by atoms with Gasteiger partial charge in [-0.25, -0.2) is 4.68 Å². The van der Waals surface area contributed by atoms with Gasteiger partial charge in [-0.15, -0.1) is 0 Å². The smallest absolute Gasteiger partial charge is 0.263 e. The lowest BCUT2D eigenvalue weighted by atomic mass is 10.2. The van der Waals surface area contributed by atoms with E-state index in [0.29, 0.717) is 28.8 Å². The van der Waals surface area contributed by atoms with Crippen LogP contribution in [-0.2, 0) is 4.79 Å². The molecule has 1 fully saturated rings. The van der Waals surface area contributed by atoms with Crippen LogP contribution in [0.5, 0.6) is 11.5 Å². The number of nitrogens with one attached hydrogen (secondary N) is 1. The Morgan fingerprint density at radius 1 is 1.17 bits per heavy atom. The van der Waals surface area contributed by atoms with E-state index in [-0.39, 0.29) is 12.5 Å². The molecule has 0 saturated heterocycles. The third kappa shape index (κ3) is 4.29. The molecule has 2 aromatic carbocycles. The number of benzene rings is 2. The van der Waals surface area contributed by atoms with Gasteiger partial charge in [0.2, 0.25) is 0 Å². The number of carbonyl (C=O) groups excluding carboxylic acids is 2. The fourth-order valence-corrected chi connectivity index (χ4v) is 3.03. The van der Waals surface area contributed by atoms with Gasteiger partial charge in [0.05, 0.1) is 18.5 Å². The third-order valence-electron chi connectivity index (χ3n) is 4.67. The monoisotopic (exact) mass is 391 g/mol. The molecular formula is C22H21N3O4. The van der Waals surface area contributed by atoms with Gasteiger partial charge in [0.1, 0.15) is 12.1 Å². The number of hydrogen-bond donors (Lipinski definition) is 1. The molecule has 0 radical (unpaired) electrons. The molecule has 1 aliphatic rings. The molecule has 4 rings (SSSR count). The van der Waals surface area contributed by atoms with Crippen LogP contribution in [-0.4, -0.2) is 35.7 Å². The maximum Gasteiger partial charge on any atom is 0.263 e. The van der Waals surface area contributed by atoms with Crippen LogP contribution in [0.4, 0.5) is 5.82 Å². The summed E-state index contributed by atoms with van der Waals surface area (Å²) in [4.78, 5) is 23.4. The Balaban J connectivity index is 1.48. The topological polar surface area (TPSA) is 82.4 Å². The van der Waals surface area contributed by atoms with Gasteiger partial charge in [-0.05, 0) is 43.2 Å². The Kier molecular flexibility index (Phi) is 5.29. The second kappa shape index (κ2) is 8.18. The summed E-state index contributed by atoms with van der Waals surface area (Å²) < 4.78 is 12.6. The summed E-state index contributed by atoms with van der Waals surface area (Å²) in [5, 5.41) is 7.55. The molecule has 7 heteroatoms. The molecule has 0 spiro atoms. The number of hydrogen-bond acceptors (Lipinski definition) is 5. The number of rotatable bonds is 8. The maximum absolute atomic E-state index is 12.5. The lowest BCUT2D eigenvalue weighted by Gasteiger charge is -2.12. The molecule has 0 aliphatic heterocycles. The van der Waals surface area contributed by atoms with Gasteiger partial charge in [0.25, 0.3) is 5.91 Å². The van der Waals surface area contributed by atoms with E-state index in [1.54, 1.807) is 22.9 Å². The predicted molar refractivity (Wildman–Crippen MR) is 108 cm³/mol. The number of methoxy groups -OCH3 is 1. The minimum absolute atomic E-state index is 0.199. The van der Waals surface area contributed by atoms with Gasteiger partial charge in [0.15, 0.2) is 18.1 Å². The number of aromatic nitrogens is 2. The fraction of sp³-hybridized carbons (Fsp3) is 0.227. The first kappa shape index (κ1) is 18.7. The number of carbonyl (C=O) groups is 2. The van der Waals surface area contributed by atoms with E-state index in [4.69, 9.17) is 9.47 Å². The summed E-state index contributed by atoms with van der Waals surface area (Å²) >= 11 is 0. The average molecular weight is 391 g/mol. The number of aldehydes is 1. The largest absolute Gasteiger partial charge is 0.493 e. The normalized spacial score (nSPS) is 13.0. The fourth-order valence-electron chi connectivity index (χ4n) is 3.03. The first-order valence-corrected chi connectivity index (χ1v) is 9.39. The molecule has 1 aliphatic carbocycles. The molecule has 1 heterocycles. The zero-order valence-electron chi connectivity index (χ0n) is 16.0. The highest BCUT2D eigenvalue weighted by Crippen LogP contribution is 2.40. The molecule has 0 unspecified atom stereocenters. The maximum atomic E-state index is 12.5. The molecule has 1 aromatic heterocycles. The zero-order chi connectivity index (χ0) is 20.2. The Morgan fingerprint density at radius 2 is 1.97 bits per heavy atom. The third-order valence-corrected chi connectivity index (χ3v) is 4.67. The van der Waals surface area contributed by atoms with Gasteiger partial charge in [-0.3, -0.25) is 9.59 Å². The second-order valence-corrected chi connectivity index (χ2v) is 6.84. The highest BCUT2D eigenvalue weighted by atomic mass is 16.5. The minimum Gasteiger partial charge on any atom is -0.493 e. The summed E-state index contributed by atoms with van der Waals surface area (Å²) in [5.41, 5.74) is 2.33. The van der Waals surface area contributed by atoms with E-state index >= 15 is 0 Å². The highest BCUT2D eigenvalue weighted by molar-refractivity contribution is 5.91. The van der Waals surface area contributed by atoms with Crippen LogP contribution in [0.1, 0.15) is 34.8 Å². The van der Waals surface area contributed by atoms with E-state index in [0.717, 1.165) is 30.5 Å². The summed E-state index contributed by atoms with van der Waals surface area (Å²) in [6.07, 6.45) is 2.97. The van der Waals surface area contributed by atoms with Crippen LogP contribution in [0.2, 0.25) is 0 Å². The van der Waals surface area contributed by atoms with E-state index in [1.807, 2.05) is 36.4 Å². The first-order valence-electron chi connectivity index (χ1n) is 9.39. The molecule has 7 nitrogen and oxygen atoms in total. The lowest BCUT2D eigenvalue weighted by molar-refractivity contribution is -0.118. The van der Waals surface area contributed by atoms with Crippen molar-refractivity contribution in [3.8, 4) is 17.2 Å². The zero-order valence-corrected chi connectivity index (χ0v) is 16.0. The van der Waals surface area contributed by atoms with E-state index in [1.165, 1.54) is 7.11 Å². The van der Waals surface area contributed by atoms with Crippen molar-refractivity contribution in [1.82, 2.24) is 9.78 Å². The number of anilines is 1. The number of para-hydroxylation sites is 1. The minimum atomic E-state index is -0.314. The molecular weight excluding hydrogens is 370 g/mol. The van der Waals surface area contributed by atoms with Gasteiger partial charge >= 0.3 is 0 Å². The SMILES string of the molecule is COc1cc(C=O)ccc1OCC(=O)Nc1cc(C2CC2)nn1-c1ccccc1. The average Bonchev–Trinajstić information content (AvgIpc) is 3.53. The second-order valence-electron chi connectivity index (χ2n) is 6.84. The Hall–Kier alpha value is -3.61. The van der Waals surface area contributed by atoms with Gasteiger partial charge < -0.3 is 14.8 Å². The van der Waals surface area contributed by atoms with Gasteiger partial charge in [-0.1, -0.05) is 18.2 Å².